The molecule has 4 amide bonds. The molecule has 5 atom stereocenters. The fourth-order valence-corrected chi connectivity index (χ4v) is 8.07. The van der Waals surface area contributed by atoms with Crippen molar-refractivity contribution in [3.63, 3.8) is 0 Å². The van der Waals surface area contributed by atoms with E-state index in [1.807, 2.05) is 6.07 Å². The number of amides is 4. The maximum atomic E-state index is 13.0. The Morgan fingerprint density at radius 1 is 0.957 bits per heavy atom. The molecular formula is C32H45N5O9. The van der Waals surface area contributed by atoms with Gasteiger partial charge >= 0.3 is 0 Å². The van der Waals surface area contributed by atoms with Gasteiger partial charge in [-0.1, -0.05) is 6.07 Å². The number of hydrogen-bond acceptors (Lipinski definition) is 10. The molecule has 0 radical (unpaired) electrons. The van der Waals surface area contributed by atoms with Crippen molar-refractivity contribution in [3.8, 4) is 11.5 Å². The number of phenolic OH excluding ortho intramolecular Hbond substituents is 1. The van der Waals surface area contributed by atoms with Crippen LogP contribution in [0.2, 0.25) is 0 Å². The smallest absolute Gasteiger partial charge is 0.246 e. The van der Waals surface area contributed by atoms with Crippen LogP contribution in [0.25, 0.3) is 0 Å². The number of benzene rings is 1. The largest absolute Gasteiger partial charge is 0.504 e. The summed E-state index contributed by atoms with van der Waals surface area (Å²) in [6.45, 7) is 1.38. The van der Waals surface area contributed by atoms with Gasteiger partial charge in [-0.15, -0.1) is 0 Å². The van der Waals surface area contributed by atoms with Crippen LogP contribution in [0.1, 0.15) is 49.7 Å². The van der Waals surface area contributed by atoms with Gasteiger partial charge in [0.2, 0.25) is 23.6 Å². The zero-order valence-corrected chi connectivity index (χ0v) is 26.3. The van der Waals surface area contributed by atoms with Crippen molar-refractivity contribution in [2.45, 2.75) is 74.1 Å². The number of ether oxygens (including phenoxy) is 3. The molecule has 0 aromatic heterocycles. The number of piperidine rings is 1. The van der Waals surface area contributed by atoms with E-state index in [4.69, 9.17) is 14.2 Å². The van der Waals surface area contributed by atoms with Crippen molar-refractivity contribution >= 4 is 23.6 Å². The molecular weight excluding hydrogens is 598 g/mol. The number of hydrogen-bond donors (Lipinski definition) is 6. The van der Waals surface area contributed by atoms with Crippen LogP contribution >= 0.6 is 0 Å². The lowest BCUT2D eigenvalue weighted by Crippen LogP contribution is -2.78. The van der Waals surface area contributed by atoms with Crippen LogP contribution in [0.3, 0.4) is 0 Å². The average Bonchev–Trinajstić information content (AvgIpc) is 3.77. The van der Waals surface area contributed by atoms with Gasteiger partial charge in [0.15, 0.2) is 11.5 Å². The standard InChI is InChI=1S/C32H45N5O9/c1-33-24(39)15-44-16-25(40)34-10-2-11-35-26(41)17-45-18-27(42)36-21-7-8-32(43)23-13-20-5-6-22(38)29-28(20)31(32,30(21)46-29)9-12-37(23)14-19-3-4-19/h5-6,19,21,23,30,38,43H,2-4,7-18H2,1H3,(H,33,39)(H,34,40)(H,35,41)(H,36,42)/t21-,23-,30+,31+,32-/m1/s1. The van der Waals surface area contributed by atoms with Crippen LogP contribution in [-0.2, 0) is 40.5 Å². The molecule has 1 aromatic carbocycles. The summed E-state index contributed by atoms with van der Waals surface area (Å²) in [5, 5.41) is 34.1. The van der Waals surface area contributed by atoms with Gasteiger partial charge in [0.05, 0.1) is 17.1 Å². The Morgan fingerprint density at radius 3 is 2.30 bits per heavy atom. The molecule has 3 fully saturated rings. The molecule has 46 heavy (non-hydrogen) atoms. The van der Waals surface area contributed by atoms with E-state index in [0.717, 1.165) is 24.2 Å². The van der Waals surface area contributed by atoms with E-state index >= 15 is 0 Å². The van der Waals surface area contributed by atoms with Crippen LogP contribution < -0.4 is 26.0 Å². The van der Waals surface area contributed by atoms with Gasteiger partial charge in [-0.2, -0.15) is 0 Å². The van der Waals surface area contributed by atoms with E-state index in [2.05, 4.69) is 26.2 Å². The van der Waals surface area contributed by atoms with Crippen molar-refractivity contribution in [2.75, 3.05) is 59.7 Å². The number of aromatic hydroxyl groups is 1. The van der Waals surface area contributed by atoms with Crippen molar-refractivity contribution in [1.82, 2.24) is 26.2 Å². The molecule has 5 aliphatic rings. The first kappa shape index (κ1) is 32.5. The summed E-state index contributed by atoms with van der Waals surface area (Å²) >= 11 is 0. The number of carbonyl (C=O) groups is 4. The zero-order valence-electron chi connectivity index (χ0n) is 26.3. The Labute approximate surface area is 267 Å². The molecule has 14 heteroatoms. The lowest BCUT2D eigenvalue weighted by atomic mass is 9.48. The van der Waals surface area contributed by atoms with Gasteiger partial charge < -0.3 is 45.7 Å². The van der Waals surface area contributed by atoms with Crippen molar-refractivity contribution < 1.29 is 43.6 Å². The number of likely N-dealkylation sites (N-methyl/N-ethyl adjacent to an activating group) is 1. The average molecular weight is 644 g/mol. The fraction of sp³-hybridized carbons (Fsp3) is 0.688. The first-order valence-electron chi connectivity index (χ1n) is 16.3. The predicted molar refractivity (Wildman–Crippen MR) is 163 cm³/mol. The Bertz CT molecular complexity index is 1360. The predicted octanol–water partition coefficient (Wildman–Crippen LogP) is -1.16. The van der Waals surface area contributed by atoms with Crippen LogP contribution in [0.5, 0.6) is 11.5 Å². The molecule has 1 aromatic rings. The van der Waals surface area contributed by atoms with E-state index < -0.39 is 29.1 Å². The van der Waals surface area contributed by atoms with Crippen LogP contribution in [-0.4, -0.2) is 122 Å². The summed E-state index contributed by atoms with van der Waals surface area (Å²) in [7, 11) is 1.48. The Morgan fingerprint density at radius 2 is 1.63 bits per heavy atom. The number of nitrogens with zero attached hydrogens (tertiary/aromatic N) is 1. The summed E-state index contributed by atoms with van der Waals surface area (Å²) in [6, 6.07) is 3.18. The monoisotopic (exact) mass is 643 g/mol. The second-order valence-corrected chi connectivity index (χ2v) is 13.2. The normalized spacial score (nSPS) is 28.9. The Kier molecular flexibility index (Phi) is 9.42. The minimum atomic E-state index is -1.03. The molecule has 1 saturated heterocycles. The van der Waals surface area contributed by atoms with Gasteiger partial charge in [0.1, 0.15) is 32.5 Å². The van der Waals surface area contributed by atoms with Crippen molar-refractivity contribution in [3.05, 3.63) is 23.3 Å². The molecule has 2 bridgehead atoms. The molecule has 6 N–H and O–H groups in total. The molecule has 3 aliphatic carbocycles. The summed E-state index contributed by atoms with van der Waals surface area (Å²) < 4.78 is 16.8. The van der Waals surface area contributed by atoms with Gasteiger partial charge in [-0.25, -0.2) is 0 Å². The second-order valence-electron chi connectivity index (χ2n) is 13.2. The second kappa shape index (κ2) is 13.3. The molecule has 14 nitrogen and oxygen atoms in total. The van der Waals surface area contributed by atoms with Crippen molar-refractivity contribution in [2.24, 2.45) is 5.92 Å². The minimum Gasteiger partial charge on any atom is -0.504 e. The highest BCUT2D eigenvalue weighted by molar-refractivity contribution is 5.80. The number of rotatable bonds is 15. The third-order valence-corrected chi connectivity index (χ3v) is 10.3. The quantitative estimate of drug-likeness (QED) is 0.127. The molecule has 1 spiro atoms. The van der Waals surface area contributed by atoms with E-state index in [1.54, 1.807) is 6.07 Å². The van der Waals surface area contributed by atoms with E-state index in [0.29, 0.717) is 56.9 Å². The number of phenols is 1. The summed E-state index contributed by atoms with van der Waals surface area (Å²) in [5.74, 6) is -0.281. The number of carbonyl (C=O) groups excluding carboxylic acids is 4. The first-order valence-corrected chi connectivity index (χ1v) is 16.3. The van der Waals surface area contributed by atoms with Crippen molar-refractivity contribution in [1.29, 1.82) is 0 Å². The highest BCUT2D eigenvalue weighted by Crippen LogP contribution is 2.65. The summed E-state index contributed by atoms with van der Waals surface area (Å²) in [4.78, 5) is 50.4. The van der Waals surface area contributed by atoms with E-state index in [9.17, 15) is 29.4 Å². The first-order chi connectivity index (χ1) is 22.2. The van der Waals surface area contributed by atoms with Gasteiger partial charge in [0, 0.05) is 38.3 Å². The molecule has 2 heterocycles. The maximum Gasteiger partial charge on any atom is 0.246 e. The van der Waals surface area contributed by atoms with E-state index in [-0.39, 0.29) is 55.9 Å². The SMILES string of the molecule is CNC(=O)COCC(=O)NCCCNC(=O)COCC(=O)N[C@@H]1CC[C@@]2(O)[C@H]3Cc4ccc(O)c5c4[C@@]2(CCN3CC2CC2)[C@H]1O5. The highest BCUT2D eigenvalue weighted by Gasteiger charge is 2.73. The fourth-order valence-electron chi connectivity index (χ4n) is 8.07. The van der Waals surface area contributed by atoms with Gasteiger partial charge in [0.25, 0.3) is 0 Å². The molecule has 2 saturated carbocycles. The zero-order chi connectivity index (χ0) is 32.5. The molecule has 0 unspecified atom stereocenters. The Hall–Kier alpha value is -3.46. The van der Waals surface area contributed by atoms with E-state index in [1.165, 1.54) is 19.9 Å². The van der Waals surface area contributed by atoms with Gasteiger partial charge in [-0.05, 0) is 69.0 Å². The van der Waals surface area contributed by atoms with Gasteiger partial charge in [-0.3, -0.25) is 24.1 Å². The molecule has 6 rings (SSSR count). The molecule has 2 aliphatic heterocycles. The van der Waals surface area contributed by atoms with Crippen LogP contribution in [0.4, 0.5) is 0 Å². The molecule has 252 valence electrons. The number of likely N-dealkylation sites (tertiary alicyclic amines) is 1. The highest BCUT2D eigenvalue weighted by atomic mass is 16.5. The lowest BCUT2D eigenvalue weighted by molar-refractivity contribution is -0.192. The van der Waals surface area contributed by atoms with Crippen LogP contribution in [0.15, 0.2) is 12.1 Å². The maximum absolute atomic E-state index is 13.0. The van der Waals surface area contributed by atoms with Crippen LogP contribution in [0, 0.1) is 5.92 Å². The number of nitrogens with one attached hydrogen (secondary N) is 4. The third-order valence-electron chi connectivity index (χ3n) is 10.3. The Balaban J connectivity index is 0.970. The lowest BCUT2D eigenvalue weighted by Gasteiger charge is -2.64. The topological polar surface area (TPSA) is 188 Å². The third kappa shape index (κ3) is 6.15. The summed E-state index contributed by atoms with van der Waals surface area (Å²) in [6.07, 6.45) is 4.83. The minimum absolute atomic E-state index is 0.0417. The summed E-state index contributed by atoms with van der Waals surface area (Å²) in [5.41, 5.74) is 0.244. The number of aliphatic hydroxyl groups is 1.